The molecule has 0 spiro atoms. The molecule has 2 atom stereocenters. The van der Waals surface area contributed by atoms with E-state index in [0.717, 1.165) is 23.3 Å². The van der Waals surface area contributed by atoms with Gasteiger partial charge in [0.25, 0.3) is 0 Å². The summed E-state index contributed by atoms with van der Waals surface area (Å²) in [4.78, 5) is 0. The van der Waals surface area contributed by atoms with Crippen molar-refractivity contribution >= 4 is 0 Å². The van der Waals surface area contributed by atoms with Crippen LogP contribution in [0.4, 0.5) is 0 Å². The van der Waals surface area contributed by atoms with Gasteiger partial charge >= 0.3 is 0 Å². The first-order valence-electron chi connectivity index (χ1n) is 8.14. The fourth-order valence-corrected chi connectivity index (χ4v) is 3.16. The number of hydrogen-bond donors (Lipinski definition) is 1. The summed E-state index contributed by atoms with van der Waals surface area (Å²) in [7, 11) is 0. The molecule has 1 rings (SSSR count). The molecular formula is C19H32O. The number of rotatable bonds is 7. The molecule has 1 heteroatoms. The maximum absolute atomic E-state index is 9.07. The zero-order valence-corrected chi connectivity index (χ0v) is 13.6. The van der Waals surface area contributed by atoms with Crippen LogP contribution in [0.15, 0.2) is 36.6 Å². The Kier molecular flexibility index (Phi) is 7.12. The third-order valence-electron chi connectivity index (χ3n) is 5.04. The number of aliphatic hydroxyl groups excluding tert-OH is 1. The van der Waals surface area contributed by atoms with E-state index in [9.17, 15) is 0 Å². The van der Waals surface area contributed by atoms with Crippen molar-refractivity contribution < 1.29 is 5.11 Å². The van der Waals surface area contributed by atoms with Gasteiger partial charge in [-0.15, -0.1) is 0 Å². The minimum Gasteiger partial charge on any atom is -0.509 e. The summed E-state index contributed by atoms with van der Waals surface area (Å²) in [6.45, 7) is 14.6. The fourth-order valence-electron chi connectivity index (χ4n) is 3.16. The van der Waals surface area contributed by atoms with Gasteiger partial charge in [0.15, 0.2) is 0 Å². The van der Waals surface area contributed by atoms with E-state index in [1.54, 1.807) is 6.08 Å². The second-order valence-electron chi connectivity index (χ2n) is 6.88. The second-order valence-corrected chi connectivity index (χ2v) is 6.88. The predicted octanol–water partition coefficient (Wildman–Crippen LogP) is 6.05. The van der Waals surface area contributed by atoms with Gasteiger partial charge in [-0.2, -0.15) is 0 Å². The molecule has 1 saturated carbocycles. The van der Waals surface area contributed by atoms with Crippen LogP contribution in [0.2, 0.25) is 0 Å². The topological polar surface area (TPSA) is 20.2 Å². The Balaban J connectivity index is 2.31. The first kappa shape index (κ1) is 17.1. The monoisotopic (exact) mass is 276 g/mol. The van der Waals surface area contributed by atoms with E-state index >= 15 is 0 Å². The zero-order valence-electron chi connectivity index (χ0n) is 13.6. The van der Waals surface area contributed by atoms with Gasteiger partial charge in [0.2, 0.25) is 0 Å². The molecule has 1 aliphatic carbocycles. The van der Waals surface area contributed by atoms with Gasteiger partial charge in [-0.3, -0.25) is 0 Å². The van der Waals surface area contributed by atoms with Crippen molar-refractivity contribution in [1.29, 1.82) is 0 Å². The first-order chi connectivity index (χ1) is 9.40. The van der Waals surface area contributed by atoms with Crippen LogP contribution in [0.5, 0.6) is 0 Å². The molecule has 0 aromatic heterocycles. The van der Waals surface area contributed by atoms with Crippen LogP contribution in [-0.2, 0) is 0 Å². The van der Waals surface area contributed by atoms with Gasteiger partial charge in [-0.25, -0.2) is 0 Å². The van der Waals surface area contributed by atoms with E-state index < -0.39 is 0 Å². The Morgan fingerprint density at radius 3 is 2.25 bits per heavy atom. The van der Waals surface area contributed by atoms with E-state index in [0.29, 0.717) is 5.92 Å². The average molecular weight is 276 g/mol. The second kappa shape index (κ2) is 8.34. The fraction of sp³-hybridized carbons (Fsp3) is 0.684. The van der Waals surface area contributed by atoms with Crippen molar-refractivity contribution in [2.75, 3.05) is 0 Å². The van der Waals surface area contributed by atoms with Gasteiger partial charge < -0.3 is 5.11 Å². The highest BCUT2D eigenvalue weighted by Crippen LogP contribution is 2.35. The Morgan fingerprint density at radius 2 is 1.70 bits per heavy atom. The maximum Gasteiger partial charge on any atom is 0.108 e. The minimum absolute atomic E-state index is 0.100. The van der Waals surface area contributed by atoms with Crippen LogP contribution in [-0.4, -0.2) is 5.11 Å². The van der Waals surface area contributed by atoms with Crippen molar-refractivity contribution in [2.45, 2.75) is 59.3 Å². The maximum atomic E-state index is 9.07. The van der Waals surface area contributed by atoms with Gasteiger partial charge in [0.1, 0.15) is 5.76 Å². The van der Waals surface area contributed by atoms with Gasteiger partial charge in [-0.05, 0) is 55.4 Å². The number of hydrogen-bond acceptors (Lipinski definition) is 1. The molecule has 0 aliphatic heterocycles. The lowest BCUT2D eigenvalue weighted by molar-refractivity contribution is 0.210. The average Bonchev–Trinajstić information content (AvgIpc) is 2.42. The smallest absolute Gasteiger partial charge is 0.108 e. The first-order valence-corrected chi connectivity index (χ1v) is 8.14. The minimum atomic E-state index is 0.100. The van der Waals surface area contributed by atoms with Crippen molar-refractivity contribution in [3.63, 3.8) is 0 Å². The standard InChI is InChI=1S/C19H32O/c1-14-6-12-19(13-7-14)17(4)9-8-15(2)16(3)10-11-18(5)20/h10-11,14-15,17,19-20H,3,5-9,12-13H2,1-2,4H3/b11-10-. The lowest BCUT2D eigenvalue weighted by Crippen LogP contribution is -2.19. The lowest BCUT2D eigenvalue weighted by atomic mass is 9.75. The van der Waals surface area contributed by atoms with E-state index in [1.165, 1.54) is 38.5 Å². The Bertz CT molecular complexity index is 345. The molecule has 0 aromatic rings. The number of allylic oxidation sites excluding steroid dienone is 3. The molecule has 1 nitrogen and oxygen atoms in total. The third kappa shape index (κ3) is 5.98. The highest BCUT2D eigenvalue weighted by molar-refractivity contribution is 5.22. The normalized spacial score (nSPS) is 26.4. The molecule has 1 aliphatic rings. The highest BCUT2D eigenvalue weighted by atomic mass is 16.3. The van der Waals surface area contributed by atoms with E-state index in [2.05, 4.69) is 33.9 Å². The summed E-state index contributed by atoms with van der Waals surface area (Å²) in [5.74, 6) is 3.28. The molecule has 0 saturated heterocycles. The van der Waals surface area contributed by atoms with Crippen molar-refractivity contribution in [3.8, 4) is 0 Å². The molecule has 1 fully saturated rings. The van der Waals surface area contributed by atoms with Crippen LogP contribution in [0.3, 0.4) is 0 Å². The van der Waals surface area contributed by atoms with E-state index in [4.69, 9.17) is 5.11 Å². The summed E-state index contributed by atoms with van der Waals surface area (Å²) in [5, 5.41) is 9.07. The quantitative estimate of drug-likeness (QED) is 0.443. The molecule has 2 unspecified atom stereocenters. The number of aliphatic hydroxyl groups is 1. The highest BCUT2D eigenvalue weighted by Gasteiger charge is 2.23. The van der Waals surface area contributed by atoms with E-state index in [1.807, 2.05) is 6.08 Å². The molecule has 0 aromatic carbocycles. The van der Waals surface area contributed by atoms with Gasteiger partial charge in [-0.1, -0.05) is 58.4 Å². The lowest BCUT2D eigenvalue weighted by Gasteiger charge is -2.31. The zero-order chi connectivity index (χ0) is 15.1. The van der Waals surface area contributed by atoms with Crippen LogP contribution in [0, 0.1) is 23.7 Å². The Labute approximate surface area is 125 Å². The predicted molar refractivity (Wildman–Crippen MR) is 88.7 cm³/mol. The molecule has 1 N–H and O–H groups in total. The summed E-state index contributed by atoms with van der Waals surface area (Å²) in [6.07, 6.45) is 11.7. The van der Waals surface area contributed by atoms with Gasteiger partial charge in [0, 0.05) is 0 Å². The Hall–Kier alpha value is -0.980. The molecule has 0 amide bonds. The largest absolute Gasteiger partial charge is 0.509 e. The third-order valence-corrected chi connectivity index (χ3v) is 5.04. The van der Waals surface area contributed by atoms with E-state index in [-0.39, 0.29) is 5.76 Å². The van der Waals surface area contributed by atoms with Gasteiger partial charge in [0.05, 0.1) is 0 Å². The summed E-state index contributed by atoms with van der Waals surface area (Å²) in [5.41, 5.74) is 1.09. The molecule has 114 valence electrons. The van der Waals surface area contributed by atoms with Crippen LogP contribution in [0.1, 0.15) is 59.3 Å². The molecular weight excluding hydrogens is 244 g/mol. The van der Waals surface area contributed by atoms with Crippen molar-refractivity contribution in [3.05, 3.63) is 36.6 Å². The summed E-state index contributed by atoms with van der Waals surface area (Å²) in [6, 6.07) is 0. The Morgan fingerprint density at radius 1 is 1.10 bits per heavy atom. The molecule has 0 heterocycles. The SMILES string of the molecule is C=C(O)/C=C\C(=C)C(C)CCC(C)C1CCC(C)CC1. The molecule has 0 bridgehead atoms. The molecule has 0 radical (unpaired) electrons. The summed E-state index contributed by atoms with van der Waals surface area (Å²) >= 11 is 0. The van der Waals surface area contributed by atoms with Crippen LogP contribution in [0.25, 0.3) is 0 Å². The summed E-state index contributed by atoms with van der Waals surface area (Å²) < 4.78 is 0. The van der Waals surface area contributed by atoms with Crippen molar-refractivity contribution in [2.24, 2.45) is 23.7 Å². The van der Waals surface area contributed by atoms with Crippen LogP contribution < -0.4 is 0 Å². The van der Waals surface area contributed by atoms with Crippen molar-refractivity contribution in [1.82, 2.24) is 0 Å². The molecule has 20 heavy (non-hydrogen) atoms. The van der Waals surface area contributed by atoms with Crippen LogP contribution >= 0.6 is 0 Å².